The van der Waals surface area contributed by atoms with Crippen LogP contribution in [0.15, 0.2) is 25.3 Å². The zero-order valence-corrected chi connectivity index (χ0v) is 60.0. The van der Waals surface area contributed by atoms with Crippen LogP contribution < -0.4 is 69.5 Å². The summed E-state index contributed by atoms with van der Waals surface area (Å²) in [6, 6.07) is -13.7. The van der Waals surface area contributed by atoms with E-state index < -0.39 is 206 Å². The molecule has 0 bridgehead atoms. The number of ketones is 2. The van der Waals surface area contributed by atoms with Crippen molar-refractivity contribution in [3.05, 3.63) is 25.3 Å². The second-order valence-electron chi connectivity index (χ2n) is 22.5. The number of hydrogen-bond donors (Lipinski definition) is 13. The molecule has 0 heterocycles. The molecule has 580 valence electrons. The normalized spacial score (nSPS) is 13.7. The van der Waals surface area contributed by atoms with E-state index >= 15 is 0 Å². The summed E-state index contributed by atoms with van der Waals surface area (Å²) in [5.41, 5.74) is 5.62. The van der Waals surface area contributed by atoms with Gasteiger partial charge in [-0.15, -0.1) is 0 Å². The highest BCUT2D eigenvalue weighted by atomic mass is 16.5. The third kappa shape index (κ3) is 41.9. The van der Waals surface area contributed by atoms with Crippen molar-refractivity contribution in [1.29, 1.82) is 0 Å². The molecule has 11 amide bonds. The highest BCUT2D eigenvalue weighted by Gasteiger charge is 2.35. The number of nitrogens with two attached hydrogens (primary N) is 1. The molecule has 0 radical (unpaired) electrons. The van der Waals surface area contributed by atoms with Crippen LogP contribution in [0.2, 0.25) is 0 Å². The zero-order chi connectivity index (χ0) is 78.9. The second-order valence-corrected chi connectivity index (χ2v) is 22.5. The summed E-state index contributed by atoms with van der Waals surface area (Å²) < 4.78 is 38.2. The van der Waals surface area contributed by atoms with Gasteiger partial charge in [0.25, 0.3) is 0 Å². The first kappa shape index (κ1) is 94.7. The number of Topliss-reactive ketones (excluding diaryl/α,β-unsaturated/α-hetero) is 2. The average molecular weight is 1470 g/mol. The van der Waals surface area contributed by atoms with Crippen molar-refractivity contribution in [2.75, 3.05) is 95.8 Å². The molecular formula is C63H101N13O27. The Balaban J connectivity index is 0. The standard InChI is InChI=1S/C35H57N7O14.C28H44N6O13/c1-9-15-56-35(52)23(13-12-21(3)43)40-34(51)26(19-53-6)39-27(44)18-37-32(49)24(16-28(45)54-7)42-31(48)22(4)38-33(50)25(17-29(46)55-8)41-30(47)20(2)11-10-14-36-5;1-7-10-47-28(43)18(9-8-15(2)35)33-27(42)20(14-44-4)32-21(36)13-30-26(41)19(12-23(38)46-6)34-24(39)16(3)31-25(40)17(29)11-22(37)45-5/h9,20,22-26,36H,1,10-19H2,2-8H3,(H,37,49)(H,38,50)(H,39,44)(H,40,51)(H,41,47)(H,42,48);7,16-20H,1,8-14,29H2,2-6H3,(H,30,41)(H,31,40)(H,32,36)(H,33,42)(H,34,39). The highest BCUT2D eigenvalue weighted by Crippen LogP contribution is 2.10. The molecule has 0 aromatic rings. The number of methoxy groups -OCH3 is 6. The summed E-state index contributed by atoms with van der Waals surface area (Å²) in [7, 11) is 8.54. The molecule has 0 aromatic heterocycles. The Morgan fingerprint density at radius 2 is 0.728 bits per heavy atom. The lowest BCUT2D eigenvalue weighted by Crippen LogP contribution is -2.57. The first-order chi connectivity index (χ1) is 48.5. The maximum absolute atomic E-state index is 13.1. The van der Waals surface area contributed by atoms with E-state index in [2.05, 4.69) is 95.9 Å². The first-order valence-electron chi connectivity index (χ1n) is 32.0. The van der Waals surface area contributed by atoms with Crippen LogP contribution in [0, 0.1) is 5.92 Å². The van der Waals surface area contributed by atoms with Crippen molar-refractivity contribution in [3.8, 4) is 0 Å². The van der Waals surface area contributed by atoms with Crippen LogP contribution in [-0.2, 0) is 129 Å². The second kappa shape index (κ2) is 53.5. The lowest BCUT2D eigenvalue weighted by molar-refractivity contribution is -0.148. The number of esters is 6. The summed E-state index contributed by atoms with van der Waals surface area (Å²) in [6.07, 6.45) is 1.19. The third-order valence-corrected chi connectivity index (χ3v) is 13.9. The largest absolute Gasteiger partial charge is 0.469 e. The van der Waals surface area contributed by atoms with Crippen LogP contribution in [0.4, 0.5) is 0 Å². The van der Waals surface area contributed by atoms with E-state index in [1.54, 1.807) is 14.0 Å². The first-order valence-corrected chi connectivity index (χ1v) is 32.0. The van der Waals surface area contributed by atoms with E-state index in [0.29, 0.717) is 19.4 Å². The van der Waals surface area contributed by atoms with Crippen LogP contribution in [0.1, 0.15) is 98.8 Å². The van der Waals surface area contributed by atoms with Gasteiger partial charge in [0.1, 0.15) is 79.2 Å². The molecule has 0 saturated heterocycles. The van der Waals surface area contributed by atoms with Gasteiger partial charge in [-0.05, 0) is 67.0 Å². The van der Waals surface area contributed by atoms with Crippen molar-refractivity contribution in [2.24, 2.45) is 11.7 Å². The van der Waals surface area contributed by atoms with Gasteiger partial charge in [-0.25, -0.2) is 9.59 Å². The van der Waals surface area contributed by atoms with Crippen molar-refractivity contribution < 1.29 is 129 Å². The van der Waals surface area contributed by atoms with Gasteiger partial charge in [-0.2, -0.15) is 0 Å². The van der Waals surface area contributed by atoms with Gasteiger partial charge in [-0.1, -0.05) is 32.2 Å². The molecule has 11 unspecified atom stereocenters. The Bertz CT molecular complexity index is 2930. The van der Waals surface area contributed by atoms with E-state index in [0.717, 1.165) is 28.4 Å². The minimum Gasteiger partial charge on any atom is -0.469 e. The van der Waals surface area contributed by atoms with Crippen molar-refractivity contribution in [3.63, 3.8) is 0 Å². The molecule has 0 saturated carbocycles. The molecule has 40 heteroatoms. The monoisotopic (exact) mass is 1470 g/mol. The topological polar surface area (TPSA) is 569 Å². The van der Waals surface area contributed by atoms with Gasteiger partial charge >= 0.3 is 35.8 Å². The zero-order valence-electron chi connectivity index (χ0n) is 60.0. The number of ether oxygens (including phenoxy) is 8. The molecule has 0 fully saturated rings. The van der Waals surface area contributed by atoms with Gasteiger partial charge in [0, 0.05) is 33.0 Å². The van der Waals surface area contributed by atoms with Crippen LogP contribution in [0.3, 0.4) is 0 Å². The molecule has 0 rings (SSSR count). The number of nitrogens with one attached hydrogen (secondary N) is 12. The molecule has 11 atom stereocenters. The van der Waals surface area contributed by atoms with E-state index in [1.165, 1.54) is 54.1 Å². The summed E-state index contributed by atoms with van der Waals surface area (Å²) in [6.45, 7) is 11.8. The van der Waals surface area contributed by atoms with Gasteiger partial charge in [0.2, 0.25) is 65.0 Å². The van der Waals surface area contributed by atoms with Crippen LogP contribution in [0.25, 0.3) is 0 Å². The fourth-order valence-electron chi connectivity index (χ4n) is 8.11. The Morgan fingerprint density at radius 3 is 1.07 bits per heavy atom. The molecule has 0 spiro atoms. The van der Waals surface area contributed by atoms with E-state index in [4.69, 9.17) is 24.7 Å². The predicted molar refractivity (Wildman–Crippen MR) is 357 cm³/mol. The minimum absolute atomic E-state index is 0.0428. The molecule has 40 nitrogen and oxygen atoms in total. The Hall–Kier alpha value is -10.3. The summed E-state index contributed by atoms with van der Waals surface area (Å²) in [5, 5.41) is 28.6. The highest BCUT2D eigenvalue weighted by molar-refractivity contribution is 5.99. The maximum Gasteiger partial charge on any atom is 0.328 e. The van der Waals surface area contributed by atoms with Crippen LogP contribution >= 0.6 is 0 Å². The summed E-state index contributed by atoms with van der Waals surface area (Å²) in [4.78, 5) is 236. The number of carbonyl (C=O) groups excluding carboxylic acids is 19. The van der Waals surface area contributed by atoms with Crippen LogP contribution in [0.5, 0.6) is 0 Å². The molecule has 14 N–H and O–H groups in total. The number of rotatable bonds is 50. The number of hydrogen-bond acceptors (Lipinski definition) is 29. The molecule has 0 aliphatic rings. The Labute approximate surface area is 595 Å². The average Bonchev–Trinajstić information content (AvgIpc) is 1.000. The van der Waals surface area contributed by atoms with Gasteiger partial charge in [0.05, 0.1) is 86.5 Å². The summed E-state index contributed by atoms with van der Waals surface area (Å²) >= 11 is 0. The molecule has 0 aliphatic carbocycles. The van der Waals surface area contributed by atoms with E-state index in [1.807, 2.05) is 0 Å². The molecule has 103 heavy (non-hydrogen) atoms. The molecule has 0 aliphatic heterocycles. The minimum atomic E-state index is -1.62. The van der Waals surface area contributed by atoms with Crippen molar-refractivity contribution in [1.82, 2.24) is 63.8 Å². The van der Waals surface area contributed by atoms with Crippen molar-refractivity contribution >= 4 is 112 Å². The van der Waals surface area contributed by atoms with E-state index in [-0.39, 0.29) is 63.7 Å². The SMILES string of the molecule is C=CCOC(=O)C(CCC(C)=O)NC(=O)C(COC)NC(=O)CNC(=O)C(CC(=O)OC)NC(=O)C(C)NC(=O)C(CC(=O)OC)NC(=O)C(C)CCCNC.C=CCOC(=O)C(CCC(C)=O)NC(=O)C(COC)NC(=O)CNC(=O)C(CC(=O)OC)NC(=O)C(C)NC(=O)C(N)CC(=O)OC. The summed E-state index contributed by atoms with van der Waals surface area (Å²) in [5.74, 6) is -15.7. The smallest absolute Gasteiger partial charge is 0.328 e. The Morgan fingerprint density at radius 1 is 0.398 bits per heavy atom. The molecule has 0 aromatic carbocycles. The van der Waals surface area contributed by atoms with E-state index in [9.17, 15) is 91.1 Å². The van der Waals surface area contributed by atoms with Crippen molar-refractivity contribution in [2.45, 2.75) is 159 Å². The lowest BCUT2D eigenvalue weighted by atomic mass is 10.0. The number of amides is 11. The quantitative estimate of drug-likeness (QED) is 0.0117. The van der Waals surface area contributed by atoms with Gasteiger partial charge in [-0.3, -0.25) is 71.9 Å². The fourth-order valence-corrected chi connectivity index (χ4v) is 8.11. The Kier molecular flexibility index (Phi) is 49.2. The van der Waals surface area contributed by atoms with Gasteiger partial charge < -0.3 is 117 Å². The molecular weight excluding hydrogens is 1370 g/mol. The predicted octanol–water partition coefficient (Wildman–Crippen LogP) is -6.69. The lowest BCUT2D eigenvalue weighted by Gasteiger charge is -2.24. The van der Waals surface area contributed by atoms with Gasteiger partial charge in [0.15, 0.2) is 0 Å². The third-order valence-electron chi connectivity index (χ3n) is 13.9. The fraction of sp³-hybridized carbons (Fsp3) is 0.635. The van der Waals surface area contributed by atoms with Crippen LogP contribution in [-0.4, -0.2) is 269 Å². The maximum atomic E-state index is 13.1. The number of carbonyl (C=O) groups is 19.